The van der Waals surface area contributed by atoms with E-state index in [-0.39, 0.29) is 6.61 Å². The highest BCUT2D eigenvalue weighted by molar-refractivity contribution is 4.70. The highest BCUT2D eigenvalue weighted by Gasteiger charge is 2.11. The van der Waals surface area contributed by atoms with Crippen molar-refractivity contribution in [3.63, 3.8) is 0 Å². The molecule has 0 aromatic rings. The van der Waals surface area contributed by atoms with Crippen molar-refractivity contribution < 1.29 is 14.6 Å². The van der Waals surface area contributed by atoms with Gasteiger partial charge in [-0.25, -0.2) is 0 Å². The zero-order chi connectivity index (χ0) is 12.2. The molecule has 0 amide bonds. The van der Waals surface area contributed by atoms with Gasteiger partial charge in [0.1, 0.15) is 0 Å². The minimum absolute atomic E-state index is 0.107. The first kappa shape index (κ1) is 15.8. The van der Waals surface area contributed by atoms with E-state index in [2.05, 4.69) is 19.2 Å². The number of rotatable bonds is 11. The van der Waals surface area contributed by atoms with E-state index in [0.717, 1.165) is 26.0 Å². The SMILES string of the molecule is COCCC(NCCCOCCO)C(C)C. The van der Waals surface area contributed by atoms with E-state index in [9.17, 15) is 0 Å². The van der Waals surface area contributed by atoms with Gasteiger partial charge in [-0.2, -0.15) is 0 Å². The van der Waals surface area contributed by atoms with Crippen molar-refractivity contribution in [3.8, 4) is 0 Å². The lowest BCUT2D eigenvalue weighted by Gasteiger charge is -2.22. The Labute approximate surface area is 99.3 Å². The topological polar surface area (TPSA) is 50.7 Å². The average Bonchev–Trinajstić information content (AvgIpc) is 2.26. The van der Waals surface area contributed by atoms with Gasteiger partial charge in [0, 0.05) is 26.4 Å². The maximum atomic E-state index is 8.53. The molecule has 0 aliphatic heterocycles. The first-order valence-electron chi connectivity index (χ1n) is 6.13. The molecule has 0 aromatic carbocycles. The predicted octanol–water partition coefficient (Wildman–Crippen LogP) is 1.04. The monoisotopic (exact) mass is 233 g/mol. The van der Waals surface area contributed by atoms with E-state index in [0.29, 0.717) is 25.2 Å². The van der Waals surface area contributed by atoms with E-state index in [1.165, 1.54) is 0 Å². The second kappa shape index (κ2) is 11.3. The van der Waals surface area contributed by atoms with E-state index in [4.69, 9.17) is 14.6 Å². The minimum atomic E-state index is 0.107. The summed E-state index contributed by atoms with van der Waals surface area (Å²) in [7, 11) is 1.74. The smallest absolute Gasteiger partial charge is 0.0697 e. The van der Waals surface area contributed by atoms with E-state index < -0.39 is 0 Å². The van der Waals surface area contributed by atoms with Gasteiger partial charge in [0.25, 0.3) is 0 Å². The lowest BCUT2D eigenvalue weighted by atomic mass is 10.0. The molecular formula is C12H27NO3. The minimum Gasteiger partial charge on any atom is -0.394 e. The van der Waals surface area contributed by atoms with Crippen molar-refractivity contribution in [2.45, 2.75) is 32.7 Å². The Hall–Kier alpha value is -0.160. The van der Waals surface area contributed by atoms with Gasteiger partial charge in [0.05, 0.1) is 13.2 Å². The van der Waals surface area contributed by atoms with Crippen molar-refractivity contribution in [2.75, 3.05) is 40.1 Å². The molecule has 0 heterocycles. The molecule has 0 bridgehead atoms. The van der Waals surface area contributed by atoms with Crippen LogP contribution in [0.1, 0.15) is 26.7 Å². The third-order valence-corrected chi connectivity index (χ3v) is 2.55. The van der Waals surface area contributed by atoms with Crippen LogP contribution in [-0.2, 0) is 9.47 Å². The largest absolute Gasteiger partial charge is 0.394 e. The van der Waals surface area contributed by atoms with E-state index >= 15 is 0 Å². The Morgan fingerprint density at radius 3 is 2.50 bits per heavy atom. The van der Waals surface area contributed by atoms with Gasteiger partial charge < -0.3 is 19.9 Å². The number of hydrogen-bond acceptors (Lipinski definition) is 4. The van der Waals surface area contributed by atoms with Crippen molar-refractivity contribution in [3.05, 3.63) is 0 Å². The summed E-state index contributed by atoms with van der Waals surface area (Å²) in [5, 5.41) is 12.0. The van der Waals surface area contributed by atoms with Crippen LogP contribution in [0.2, 0.25) is 0 Å². The summed E-state index contributed by atoms with van der Waals surface area (Å²) in [6.45, 7) is 7.45. The predicted molar refractivity (Wildman–Crippen MR) is 65.6 cm³/mol. The maximum Gasteiger partial charge on any atom is 0.0697 e. The molecule has 0 saturated carbocycles. The van der Waals surface area contributed by atoms with Crippen LogP contribution in [-0.4, -0.2) is 51.2 Å². The first-order valence-corrected chi connectivity index (χ1v) is 6.13. The Kier molecular flexibility index (Phi) is 11.2. The summed E-state index contributed by atoms with van der Waals surface area (Å²) in [5.41, 5.74) is 0. The number of aliphatic hydroxyl groups is 1. The normalized spacial score (nSPS) is 13.3. The van der Waals surface area contributed by atoms with Crippen molar-refractivity contribution in [1.29, 1.82) is 0 Å². The lowest BCUT2D eigenvalue weighted by molar-refractivity contribution is 0.0897. The summed E-state index contributed by atoms with van der Waals surface area (Å²) in [4.78, 5) is 0. The summed E-state index contributed by atoms with van der Waals surface area (Å²) in [5.74, 6) is 0.619. The van der Waals surface area contributed by atoms with Crippen LogP contribution >= 0.6 is 0 Å². The molecule has 0 aromatic heterocycles. The number of nitrogens with one attached hydrogen (secondary N) is 1. The summed E-state index contributed by atoms with van der Waals surface area (Å²) < 4.78 is 10.3. The van der Waals surface area contributed by atoms with Crippen LogP contribution in [0.4, 0.5) is 0 Å². The van der Waals surface area contributed by atoms with Gasteiger partial charge in [-0.1, -0.05) is 13.8 Å². The average molecular weight is 233 g/mol. The molecule has 4 nitrogen and oxygen atoms in total. The lowest BCUT2D eigenvalue weighted by Crippen LogP contribution is -2.35. The molecule has 0 fully saturated rings. The summed E-state index contributed by atoms with van der Waals surface area (Å²) >= 11 is 0. The second-order valence-electron chi connectivity index (χ2n) is 4.28. The highest BCUT2D eigenvalue weighted by atomic mass is 16.5. The van der Waals surface area contributed by atoms with Gasteiger partial charge in [-0.15, -0.1) is 0 Å². The molecule has 0 rings (SSSR count). The summed E-state index contributed by atoms with van der Waals surface area (Å²) in [6, 6.07) is 0.512. The fraction of sp³-hybridized carbons (Fsp3) is 1.00. The Bertz CT molecular complexity index is 142. The van der Waals surface area contributed by atoms with Crippen LogP contribution < -0.4 is 5.32 Å². The maximum absolute atomic E-state index is 8.53. The van der Waals surface area contributed by atoms with Crippen LogP contribution in [0.25, 0.3) is 0 Å². The summed E-state index contributed by atoms with van der Waals surface area (Å²) in [6.07, 6.45) is 2.03. The molecule has 0 radical (unpaired) electrons. The van der Waals surface area contributed by atoms with Crippen LogP contribution in [0.3, 0.4) is 0 Å². The zero-order valence-electron chi connectivity index (χ0n) is 10.9. The fourth-order valence-electron chi connectivity index (χ4n) is 1.54. The molecule has 4 heteroatoms. The third kappa shape index (κ3) is 9.09. The van der Waals surface area contributed by atoms with Crippen molar-refractivity contribution >= 4 is 0 Å². The molecule has 0 aliphatic carbocycles. The first-order chi connectivity index (χ1) is 7.72. The van der Waals surface area contributed by atoms with Crippen molar-refractivity contribution in [2.24, 2.45) is 5.92 Å². The third-order valence-electron chi connectivity index (χ3n) is 2.55. The molecule has 0 spiro atoms. The van der Waals surface area contributed by atoms with Gasteiger partial charge in [0.15, 0.2) is 0 Å². The Morgan fingerprint density at radius 2 is 1.94 bits per heavy atom. The number of aliphatic hydroxyl groups excluding tert-OH is 1. The molecular weight excluding hydrogens is 206 g/mol. The standard InChI is InChI=1S/C12H27NO3/c1-11(2)12(5-9-15-3)13-6-4-8-16-10-7-14/h11-14H,4-10H2,1-3H3. The Balaban J connectivity index is 3.44. The van der Waals surface area contributed by atoms with Crippen molar-refractivity contribution in [1.82, 2.24) is 5.32 Å². The van der Waals surface area contributed by atoms with Gasteiger partial charge in [-0.05, 0) is 25.3 Å². The molecule has 16 heavy (non-hydrogen) atoms. The number of hydrogen-bond donors (Lipinski definition) is 2. The van der Waals surface area contributed by atoms with E-state index in [1.54, 1.807) is 7.11 Å². The number of ether oxygens (including phenoxy) is 2. The molecule has 0 saturated heterocycles. The van der Waals surface area contributed by atoms with Crippen LogP contribution in [0.5, 0.6) is 0 Å². The van der Waals surface area contributed by atoms with Gasteiger partial charge >= 0.3 is 0 Å². The van der Waals surface area contributed by atoms with Gasteiger partial charge in [-0.3, -0.25) is 0 Å². The molecule has 1 atom stereocenters. The molecule has 98 valence electrons. The fourth-order valence-corrected chi connectivity index (χ4v) is 1.54. The Morgan fingerprint density at radius 1 is 1.19 bits per heavy atom. The second-order valence-corrected chi connectivity index (χ2v) is 4.28. The van der Waals surface area contributed by atoms with Crippen LogP contribution in [0, 0.1) is 5.92 Å². The molecule has 1 unspecified atom stereocenters. The molecule has 0 aliphatic rings. The quantitative estimate of drug-likeness (QED) is 0.524. The molecule has 2 N–H and O–H groups in total. The van der Waals surface area contributed by atoms with Crippen LogP contribution in [0.15, 0.2) is 0 Å². The number of methoxy groups -OCH3 is 1. The van der Waals surface area contributed by atoms with E-state index in [1.807, 2.05) is 0 Å². The zero-order valence-corrected chi connectivity index (χ0v) is 10.9. The van der Waals surface area contributed by atoms with Gasteiger partial charge in [0.2, 0.25) is 0 Å². The highest BCUT2D eigenvalue weighted by Crippen LogP contribution is 2.05.